The number of aromatic nitrogens is 3. The van der Waals surface area contributed by atoms with Crippen molar-refractivity contribution in [1.82, 2.24) is 19.7 Å². The molecule has 0 radical (unpaired) electrons. The summed E-state index contributed by atoms with van der Waals surface area (Å²) >= 11 is 0. The summed E-state index contributed by atoms with van der Waals surface area (Å²) in [6, 6.07) is 7.91. The van der Waals surface area contributed by atoms with Gasteiger partial charge in [0.1, 0.15) is 6.33 Å². The van der Waals surface area contributed by atoms with Crippen LogP contribution in [-0.2, 0) is 23.1 Å². The molecule has 7 heteroatoms. The van der Waals surface area contributed by atoms with E-state index < -0.39 is 0 Å². The second-order valence-corrected chi connectivity index (χ2v) is 7.38. The van der Waals surface area contributed by atoms with Gasteiger partial charge in [-0.1, -0.05) is 25.1 Å². The molecule has 2 aromatic rings. The number of nitrogens with zero attached hydrogens (tertiary/aromatic N) is 5. The number of carbonyl (C=O) groups is 2. The smallest absolute Gasteiger partial charge is 0.228 e. The third-order valence-electron chi connectivity index (χ3n) is 5.72. The fourth-order valence-corrected chi connectivity index (χ4v) is 4.31. The van der Waals surface area contributed by atoms with Gasteiger partial charge in [0, 0.05) is 32.2 Å². The van der Waals surface area contributed by atoms with Crippen molar-refractivity contribution in [2.45, 2.75) is 38.6 Å². The Morgan fingerprint density at radius 3 is 2.85 bits per heavy atom. The Morgan fingerprint density at radius 1 is 1.30 bits per heavy atom. The molecule has 2 unspecified atom stereocenters. The number of aryl methyl sites for hydroxylation is 2. The van der Waals surface area contributed by atoms with Crippen molar-refractivity contribution < 1.29 is 9.59 Å². The molecular formula is C20H25N5O2. The van der Waals surface area contributed by atoms with E-state index in [1.165, 1.54) is 0 Å². The van der Waals surface area contributed by atoms with Gasteiger partial charge >= 0.3 is 0 Å². The fourth-order valence-electron chi connectivity index (χ4n) is 4.31. The molecule has 7 nitrogen and oxygen atoms in total. The number of anilines is 1. The molecular weight excluding hydrogens is 342 g/mol. The minimum Gasteiger partial charge on any atom is -0.332 e. The number of para-hydroxylation sites is 1. The molecule has 2 aliphatic rings. The van der Waals surface area contributed by atoms with E-state index in [-0.39, 0.29) is 30.2 Å². The summed E-state index contributed by atoms with van der Waals surface area (Å²) in [5.41, 5.74) is 2.07. The summed E-state index contributed by atoms with van der Waals surface area (Å²) in [5, 5.41) is 8.15. The largest absolute Gasteiger partial charge is 0.332 e. The summed E-state index contributed by atoms with van der Waals surface area (Å²) in [6.45, 7) is 3.25. The fraction of sp³-hybridized carbons (Fsp3) is 0.500. The molecule has 2 atom stereocenters. The maximum Gasteiger partial charge on any atom is 0.228 e. The van der Waals surface area contributed by atoms with Crippen LogP contribution in [0, 0.1) is 5.92 Å². The highest BCUT2D eigenvalue weighted by Gasteiger charge is 2.41. The van der Waals surface area contributed by atoms with Gasteiger partial charge in [-0.05, 0) is 30.9 Å². The monoisotopic (exact) mass is 367 g/mol. The summed E-state index contributed by atoms with van der Waals surface area (Å²) in [7, 11) is 1.90. The van der Waals surface area contributed by atoms with E-state index in [0.717, 1.165) is 36.3 Å². The van der Waals surface area contributed by atoms with Crippen molar-refractivity contribution in [2.24, 2.45) is 13.0 Å². The summed E-state index contributed by atoms with van der Waals surface area (Å²) in [4.78, 5) is 29.6. The molecule has 3 heterocycles. The number of likely N-dealkylation sites (tertiary alicyclic amines) is 1. The average molecular weight is 367 g/mol. The summed E-state index contributed by atoms with van der Waals surface area (Å²) in [5.74, 6) is 0.614. The zero-order valence-corrected chi connectivity index (χ0v) is 15.8. The van der Waals surface area contributed by atoms with Gasteiger partial charge in [-0.25, -0.2) is 0 Å². The molecule has 0 aliphatic carbocycles. The molecule has 2 fully saturated rings. The molecule has 0 saturated carbocycles. The lowest BCUT2D eigenvalue weighted by atomic mass is 10.1. The molecule has 1 aromatic carbocycles. The highest BCUT2D eigenvalue weighted by molar-refractivity contribution is 6.00. The molecule has 4 rings (SSSR count). The maximum absolute atomic E-state index is 13.2. The Bertz CT molecular complexity index is 862. The molecule has 0 spiro atoms. The van der Waals surface area contributed by atoms with Crippen LogP contribution in [0.2, 0.25) is 0 Å². The van der Waals surface area contributed by atoms with Crippen LogP contribution < -0.4 is 4.90 Å². The van der Waals surface area contributed by atoms with E-state index >= 15 is 0 Å². The normalized spacial score (nSPS) is 22.7. The first kappa shape index (κ1) is 17.7. The predicted molar refractivity (Wildman–Crippen MR) is 101 cm³/mol. The van der Waals surface area contributed by atoms with Crippen LogP contribution in [-0.4, -0.2) is 44.6 Å². The van der Waals surface area contributed by atoms with Crippen LogP contribution in [0.1, 0.15) is 43.6 Å². The standard InChI is InChI=1S/C20H25N5O2/c1-3-14-7-4-5-8-16(14)25-12-15(11-18(25)26)20(27)24-10-6-9-17(24)19-22-21-13-23(19)2/h4-5,7-8,13,15,17H,3,6,9-12H2,1-2H3. The van der Waals surface area contributed by atoms with Gasteiger partial charge in [-0.15, -0.1) is 10.2 Å². The Kier molecular flexibility index (Phi) is 4.68. The highest BCUT2D eigenvalue weighted by Crippen LogP contribution is 2.35. The molecule has 1 aromatic heterocycles. The maximum atomic E-state index is 13.2. The zero-order chi connectivity index (χ0) is 19.0. The van der Waals surface area contributed by atoms with E-state index in [1.54, 1.807) is 11.2 Å². The van der Waals surface area contributed by atoms with E-state index in [1.807, 2.05) is 40.8 Å². The van der Waals surface area contributed by atoms with Crippen molar-refractivity contribution in [2.75, 3.05) is 18.0 Å². The molecule has 0 bridgehead atoms. The number of carbonyl (C=O) groups excluding carboxylic acids is 2. The van der Waals surface area contributed by atoms with Gasteiger partial charge in [0.15, 0.2) is 5.82 Å². The van der Waals surface area contributed by atoms with Crippen LogP contribution in [0.5, 0.6) is 0 Å². The van der Waals surface area contributed by atoms with E-state index in [9.17, 15) is 9.59 Å². The third-order valence-corrected chi connectivity index (χ3v) is 5.72. The number of amides is 2. The van der Waals surface area contributed by atoms with Crippen LogP contribution in [0.4, 0.5) is 5.69 Å². The Hall–Kier alpha value is -2.70. The predicted octanol–water partition coefficient (Wildman–Crippen LogP) is 2.09. The molecule has 0 N–H and O–H groups in total. The first-order valence-electron chi connectivity index (χ1n) is 9.62. The van der Waals surface area contributed by atoms with Gasteiger partial charge in [0.05, 0.1) is 12.0 Å². The second kappa shape index (κ2) is 7.13. The van der Waals surface area contributed by atoms with Gasteiger partial charge in [-0.3, -0.25) is 9.59 Å². The summed E-state index contributed by atoms with van der Waals surface area (Å²) < 4.78 is 1.87. The van der Waals surface area contributed by atoms with Gasteiger partial charge < -0.3 is 14.4 Å². The lowest BCUT2D eigenvalue weighted by molar-refractivity contribution is -0.136. The van der Waals surface area contributed by atoms with Crippen LogP contribution >= 0.6 is 0 Å². The van der Waals surface area contributed by atoms with Crippen molar-refractivity contribution in [1.29, 1.82) is 0 Å². The van der Waals surface area contributed by atoms with Crippen LogP contribution in [0.3, 0.4) is 0 Å². The SMILES string of the molecule is CCc1ccccc1N1CC(C(=O)N2CCCC2c2nncn2C)CC1=O. The van der Waals surface area contributed by atoms with Crippen molar-refractivity contribution in [3.05, 3.63) is 42.0 Å². The molecule has 2 amide bonds. The zero-order valence-electron chi connectivity index (χ0n) is 15.8. The van der Waals surface area contributed by atoms with Gasteiger partial charge in [0.25, 0.3) is 0 Å². The average Bonchev–Trinajstić information content (AvgIpc) is 3.40. The van der Waals surface area contributed by atoms with Crippen molar-refractivity contribution in [3.8, 4) is 0 Å². The number of rotatable bonds is 4. The topological polar surface area (TPSA) is 71.3 Å². The first-order chi connectivity index (χ1) is 13.1. The number of hydrogen-bond acceptors (Lipinski definition) is 4. The lowest BCUT2D eigenvalue weighted by Gasteiger charge is -2.27. The minimum absolute atomic E-state index is 0.0312. The Balaban J connectivity index is 1.53. The Labute approximate surface area is 159 Å². The molecule has 2 saturated heterocycles. The van der Waals surface area contributed by atoms with Gasteiger partial charge in [0.2, 0.25) is 11.8 Å². The quantitative estimate of drug-likeness (QED) is 0.830. The van der Waals surface area contributed by atoms with Crippen LogP contribution in [0.25, 0.3) is 0 Å². The van der Waals surface area contributed by atoms with E-state index in [2.05, 4.69) is 17.1 Å². The lowest BCUT2D eigenvalue weighted by Crippen LogP contribution is -2.37. The molecule has 2 aliphatic heterocycles. The Morgan fingerprint density at radius 2 is 2.11 bits per heavy atom. The molecule has 27 heavy (non-hydrogen) atoms. The van der Waals surface area contributed by atoms with Gasteiger partial charge in [-0.2, -0.15) is 0 Å². The third kappa shape index (κ3) is 3.11. The first-order valence-corrected chi connectivity index (χ1v) is 9.62. The summed E-state index contributed by atoms with van der Waals surface area (Å²) in [6.07, 6.45) is 4.64. The molecule has 142 valence electrons. The highest BCUT2D eigenvalue weighted by atomic mass is 16.2. The number of benzene rings is 1. The minimum atomic E-state index is -0.295. The van der Waals surface area contributed by atoms with E-state index in [0.29, 0.717) is 13.1 Å². The van der Waals surface area contributed by atoms with E-state index in [4.69, 9.17) is 0 Å². The van der Waals surface area contributed by atoms with Crippen molar-refractivity contribution in [3.63, 3.8) is 0 Å². The van der Waals surface area contributed by atoms with Crippen LogP contribution in [0.15, 0.2) is 30.6 Å². The number of hydrogen-bond donors (Lipinski definition) is 0. The van der Waals surface area contributed by atoms with Crippen molar-refractivity contribution >= 4 is 17.5 Å². The second-order valence-electron chi connectivity index (χ2n) is 7.38.